The van der Waals surface area contributed by atoms with Crippen molar-refractivity contribution in [1.29, 1.82) is 0 Å². The maximum atomic E-state index is 3.94. The Kier molecular flexibility index (Phi) is 5.13. The van der Waals surface area contributed by atoms with E-state index in [1.807, 2.05) is 6.08 Å². The lowest BCUT2D eigenvalue weighted by Gasteiger charge is -2.06. The van der Waals surface area contributed by atoms with Crippen LogP contribution in [0.2, 0.25) is 0 Å². The van der Waals surface area contributed by atoms with E-state index in [-0.39, 0.29) is 0 Å². The average Bonchev–Trinajstić information content (AvgIpc) is 2.43. The SMILES string of the molecule is C=C/C=C\C(C)=C(/C)c1ccc(C(=C)C=C)cc1. The molecule has 0 spiro atoms. The van der Waals surface area contributed by atoms with E-state index in [0.717, 1.165) is 11.1 Å². The van der Waals surface area contributed by atoms with Gasteiger partial charge in [0.15, 0.2) is 0 Å². The highest BCUT2D eigenvalue weighted by Gasteiger charge is 2.00. The van der Waals surface area contributed by atoms with E-state index < -0.39 is 0 Å². The van der Waals surface area contributed by atoms with Gasteiger partial charge in [-0.3, -0.25) is 0 Å². The molecule has 0 aromatic heterocycles. The summed E-state index contributed by atoms with van der Waals surface area (Å²) in [7, 11) is 0. The largest absolute Gasteiger partial charge is 0.0991 e. The van der Waals surface area contributed by atoms with Crippen LogP contribution in [0.25, 0.3) is 11.1 Å². The van der Waals surface area contributed by atoms with Gasteiger partial charge in [0.25, 0.3) is 0 Å². The second kappa shape index (κ2) is 6.61. The van der Waals surface area contributed by atoms with Crippen molar-refractivity contribution in [3.8, 4) is 0 Å². The Labute approximate surface area is 110 Å². The van der Waals surface area contributed by atoms with E-state index in [9.17, 15) is 0 Å². The minimum Gasteiger partial charge on any atom is -0.0991 e. The Morgan fingerprint density at radius 2 is 1.56 bits per heavy atom. The fourth-order valence-corrected chi connectivity index (χ4v) is 1.62. The van der Waals surface area contributed by atoms with Crippen LogP contribution in [0.15, 0.2) is 73.9 Å². The van der Waals surface area contributed by atoms with E-state index in [1.165, 1.54) is 16.7 Å². The summed E-state index contributed by atoms with van der Waals surface area (Å²) < 4.78 is 0. The van der Waals surface area contributed by atoms with Crippen LogP contribution in [0.1, 0.15) is 25.0 Å². The molecule has 0 aliphatic rings. The van der Waals surface area contributed by atoms with Crippen molar-refractivity contribution >= 4 is 11.1 Å². The lowest BCUT2D eigenvalue weighted by molar-refractivity contribution is 1.45. The molecule has 1 aromatic carbocycles. The molecule has 0 atom stereocenters. The molecule has 0 saturated heterocycles. The van der Waals surface area contributed by atoms with E-state index in [0.29, 0.717) is 0 Å². The van der Waals surface area contributed by atoms with Crippen molar-refractivity contribution in [3.05, 3.63) is 85.0 Å². The summed E-state index contributed by atoms with van der Waals surface area (Å²) in [6.45, 7) is 15.6. The minimum atomic E-state index is 0.950. The zero-order valence-electron chi connectivity index (χ0n) is 11.2. The average molecular weight is 236 g/mol. The number of rotatable bonds is 5. The molecule has 1 rings (SSSR count). The molecule has 18 heavy (non-hydrogen) atoms. The van der Waals surface area contributed by atoms with E-state index in [4.69, 9.17) is 0 Å². The van der Waals surface area contributed by atoms with Crippen molar-refractivity contribution in [3.63, 3.8) is 0 Å². The van der Waals surface area contributed by atoms with Crippen LogP contribution in [-0.2, 0) is 0 Å². The van der Waals surface area contributed by atoms with Gasteiger partial charge in [0.2, 0.25) is 0 Å². The fraction of sp³-hybridized carbons (Fsp3) is 0.111. The molecule has 0 unspecified atom stereocenters. The topological polar surface area (TPSA) is 0 Å². The third-order valence-electron chi connectivity index (χ3n) is 3.01. The normalized spacial score (nSPS) is 12.1. The Morgan fingerprint density at radius 1 is 1.00 bits per heavy atom. The summed E-state index contributed by atoms with van der Waals surface area (Å²) in [5, 5.41) is 0. The van der Waals surface area contributed by atoms with Gasteiger partial charge in [-0.15, -0.1) is 0 Å². The molecule has 0 nitrogen and oxygen atoms in total. The molecule has 0 amide bonds. The van der Waals surface area contributed by atoms with E-state index >= 15 is 0 Å². The summed E-state index contributed by atoms with van der Waals surface area (Å²) in [6.07, 6.45) is 7.58. The van der Waals surface area contributed by atoms with Gasteiger partial charge < -0.3 is 0 Å². The minimum absolute atomic E-state index is 0.950. The van der Waals surface area contributed by atoms with Gasteiger partial charge >= 0.3 is 0 Å². The molecule has 0 aliphatic heterocycles. The van der Waals surface area contributed by atoms with Crippen LogP contribution in [0.3, 0.4) is 0 Å². The van der Waals surface area contributed by atoms with Gasteiger partial charge in [-0.25, -0.2) is 0 Å². The monoisotopic (exact) mass is 236 g/mol. The van der Waals surface area contributed by atoms with Gasteiger partial charge in [-0.05, 0) is 41.7 Å². The van der Waals surface area contributed by atoms with Gasteiger partial charge in [0.05, 0.1) is 0 Å². The Morgan fingerprint density at radius 3 is 2.06 bits per heavy atom. The van der Waals surface area contributed by atoms with Gasteiger partial charge in [0.1, 0.15) is 0 Å². The van der Waals surface area contributed by atoms with Crippen molar-refractivity contribution in [2.24, 2.45) is 0 Å². The van der Waals surface area contributed by atoms with Gasteiger partial charge in [-0.2, -0.15) is 0 Å². The first kappa shape index (κ1) is 14.0. The second-order valence-corrected chi connectivity index (χ2v) is 4.21. The molecule has 0 aliphatic carbocycles. The number of hydrogen-bond acceptors (Lipinski definition) is 0. The van der Waals surface area contributed by atoms with Crippen LogP contribution in [0.5, 0.6) is 0 Å². The molecule has 92 valence electrons. The van der Waals surface area contributed by atoms with Crippen LogP contribution in [-0.4, -0.2) is 0 Å². The Hall–Kier alpha value is -2.08. The lowest BCUT2D eigenvalue weighted by Crippen LogP contribution is -1.85. The molecule has 0 bridgehead atoms. The third-order valence-corrected chi connectivity index (χ3v) is 3.01. The highest BCUT2D eigenvalue weighted by molar-refractivity contribution is 5.74. The summed E-state index contributed by atoms with van der Waals surface area (Å²) in [5.74, 6) is 0. The molecule has 0 heterocycles. The maximum Gasteiger partial charge on any atom is -0.0190 e. The van der Waals surface area contributed by atoms with E-state index in [2.05, 4.69) is 63.9 Å². The predicted molar refractivity (Wildman–Crippen MR) is 83.3 cm³/mol. The highest BCUT2D eigenvalue weighted by Crippen LogP contribution is 2.21. The molecular formula is C18H20. The smallest absolute Gasteiger partial charge is 0.0190 e. The van der Waals surface area contributed by atoms with Crippen LogP contribution < -0.4 is 0 Å². The number of benzene rings is 1. The molecular weight excluding hydrogens is 216 g/mol. The van der Waals surface area contributed by atoms with Gasteiger partial charge in [-0.1, -0.05) is 68.3 Å². The Balaban J connectivity index is 3.05. The van der Waals surface area contributed by atoms with Crippen LogP contribution in [0.4, 0.5) is 0 Å². The predicted octanol–water partition coefficient (Wildman–Crippen LogP) is 5.42. The summed E-state index contributed by atoms with van der Waals surface area (Å²) in [5.41, 5.74) is 5.79. The second-order valence-electron chi connectivity index (χ2n) is 4.21. The standard InChI is InChI=1S/C18H20/c1-6-8-9-15(4)16(5)18-12-10-17(11-13-18)14(3)7-2/h6-13H,1-3H2,4-5H3/b9-8-,16-15+. The summed E-state index contributed by atoms with van der Waals surface area (Å²) >= 11 is 0. The first-order chi connectivity index (χ1) is 8.60. The fourth-order valence-electron chi connectivity index (χ4n) is 1.62. The first-order valence-electron chi connectivity index (χ1n) is 5.99. The lowest BCUT2D eigenvalue weighted by atomic mass is 9.99. The highest BCUT2D eigenvalue weighted by atomic mass is 14.0. The third kappa shape index (κ3) is 3.46. The van der Waals surface area contributed by atoms with Crippen molar-refractivity contribution < 1.29 is 0 Å². The summed E-state index contributed by atoms with van der Waals surface area (Å²) in [4.78, 5) is 0. The van der Waals surface area contributed by atoms with Crippen molar-refractivity contribution in [1.82, 2.24) is 0 Å². The molecule has 0 heteroatoms. The van der Waals surface area contributed by atoms with Crippen LogP contribution >= 0.6 is 0 Å². The molecule has 0 N–H and O–H groups in total. The number of hydrogen-bond donors (Lipinski definition) is 0. The molecule has 0 saturated carbocycles. The Bertz CT molecular complexity index is 507. The van der Waals surface area contributed by atoms with Gasteiger partial charge in [0, 0.05) is 0 Å². The maximum absolute atomic E-state index is 3.94. The quantitative estimate of drug-likeness (QED) is 0.599. The van der Waals surface area contributed by atoms with Crippen molar-refractivity contribution in [2.45, 2.75) is 13.8 Å². The van der Waals surface area contributed by atoms with E-state index in [1.54, 1.807) is 12.2 Å². The number of allylic oxidation sites excluding steroid dienone is 7. The molecule has 0 radical (unpaired) electrons. The zero-order valence-corrected chi connectivity index (χ0v) is 11.2. The summed E-state index contributed by atoms with van der Waals surface area (Å²) in [6, 6.07) is 8.38. The molecule has 0 fully saturated rings. The molecule has 1 aromatic rings. The first-order valence-corrected chi connectivity index (χ1v) is 5.99. The van der Waals surface area contributed by atoms with Crippen LogP contribution in [0, 0.1) is 0 Å². The van der Waals surface area contributed by atoms with Crippen molar-refractivity contribution in [2.75, 3.05) is 0 Å². The zero-order chi connectivity index (χ0) is 13.5.